The first-order valence-electron chi connectivity index (χ1n) is 6.77. The lowest BCUT2D eigenvalue weighted by molar-refractivity contribution is -0.115. The maximum atomic E-state index is 11.9. The Labute approximate surface area is 134 Å². The van der Waals surface area contributed by atoms with Crippen molar-refractivity contribution in [2.24, 2.45) is 0 Å². The number of hydrogen-bond acceptors (Lipinski definition) is 3. The minimum Gasteiger partial charge on any atom is -0.325 e. The molecule has 0 saturated carbocycles. The molecule has 112 valence electrons. The van der Waals surface area contributed by atoms with Crippen LogP contribution in [0.25, 0.3) is 0 Å². The van der Waals surface area contributed by atoms with Gasteiger partial charge in [0.15, 0.2) is 0 Å². The first-order chi connectivity index (χ1) is 9.97. The van der Waals surface area contributed by atoms with Crippen molar-refractivity contribution in [3.05, 3.63) is 51.7 Å². The van der Waals surface area contributed by atoms with Crippen molar-refractivity contribution in [2.75, 3.05) is 18.4 Å². The molecule has 1 heterocycles. The summed E-state index contributed by atoms with van der Waals surface area (Å²) in [6, 6.07) is 11.3. The Balaban J connectivity index is 1.79. The number of amides is 1. The number of anilines is 1. The predicted molar refractivity (Wildman–Crippen MR) is 90.3 cm³/mol. The second-order valence-corrected chi connectivity index (χ2v) is 6.91. The average Bonchev–Trinajstić information content (AvgIpc) is 2.93. The van der Waals surface area contributed by atoms with E-state index in [1.165, 1.54) is 4.88 Å². The van der Waals surface area contributed by atoms with Gasteiger partial charge in [-0.05, 0) is 29.6 Å². The quantitative estimate of drug-likeness (QED) is 0.846. The van der Waals surface area contributed by atoms with Gasteiger partial charge < -0.3 is 10.6 Å². The van der Waals surface area contributed by atoms with Crippen molar-refractivity contribution < 1.29 is 4.79 Å². The highest BCUT2D eigenvalue weighted by molar-refractivity contribution is 7.10. The van der Waals surface area contributed by atoms with Crippen LogP contribution in [0, 0.1) is 0 Å². The van der Waals surface area contributed by atoms with Crippen molar-refractivity contribution >= 4 is 34.5 Å². The number of hydrogen-bond donors (Lipinski definition) is 2. The second-order valence-electron chi connectivity index (χ2n) is 5.52. The van der Waals surface area contributed by atoms with Gasteiger partial charge in [0.1, 0.15) is 0 Å². The minimum atomic E-state index is -0.0701. The average molecular weight is 323 g/mol. The zero-order valence-corrected chi connectivity index (χ0v) is 13.7. The molecule has 0 bridgehead atoms. The number of halogens is 1. The summed E-state index contributed by atoms with van der Waals surface area (Å²) in [5, 5.41) is 8.71. The summed E-state index contributed by atoms with van der Waals surface area (Å²) in [5.41, 5.74) is 0.733. The summed E-state index contributed by atoms with van der Waals surface area (Å²) in [5.74, 6) is -0.0701. The maximum absolute atomic E-state index is 11.9. The van der Waals surface area contributed by atoms with Crippen molar-refractivity contribution in [1.29, 1.82) is 0 Å². The second kappa shape index (κ2) is 7.07. The van der Waals surface area contributed by atoms with Crippen LogP contribution in [-0.2, 0) is 10.2 Å². The molecule has 0 radical (unpaired) electrons. The number of carbonyl (C=O) groups is 1. The molecule has 1 aromatic heterocycles. The van der Waals surface area contributed by atoms with Crippen molar-refractivity contribution in [1.82, 2.24) is 5.32 Å². The topological polar surface area (TPSA) is 41.1 Å². The molecular weight excluding hydrogens is 304 g/mol. The molecule has 3 nitrogen and oxygen atoms in total. The summed E-state index contributed by atoms with van der Waals surface area (Å²) in [7, 11) is 0. The Bertz CT molecular complexity index is 596. The summed E-state index contributed by atoms with van der Waals surface area (Å²) >= 11 is 7.62. The molecule has 0 unspecified atom stereocenters. The van der Waals surface area contributed by atoms with Gasteiger partial charge in [0.05, 0.1) is 6.54 Å². The van der Waals surface area contributed by atoms with Gasteiger partial charge in [-0.3, -0.25) is 4.79 Å². The van der Waals surface area contributed by atoms with Gasteiger partial charge >= 0.3 is 0 Å². The van der Waals surface area contributed by atoms with Crippen molar-refractivity contribution in [2.45, 2.75) is 19.3 Å². The first kappa shape index (κ1) is 16.0. The van der Waals surface area contributed by atoms with Crippen molar-refractivity contribution in [3.63, 3.8) is 0 Å². The maximum Gasteiger partial charge on any atom is 0.238 e. The zero-order chi connectivity index (χ0) is 15.3. The van der Waals surface area contributed by atoms with Crippen LogP contribution in [0.1, 0.15) is 18.7 Å². The van der Waals surface area contributed by atoms with Crippen LogP contribution in [0.3, 0.4) is 0 Å². The van der Waals surface area contributed by atoms with E-state index in [0.717, 1.165) is 6.54 Å². The third-order valence-electron chi connectivity index (χ3n) is 3.15. The molecular formula is C16H19ClN2OS. The van der Waals surface area contributed by atoms with Crippen LogP contribution >= 0.6 is 22.9 Å². The van der Waals surface area contributed by atoms with E-state index in [-0.39, 0.29) is 17.9 Å². The van der Waals surface area contributed by atoms with Crippen LogP contribution in [0.5, 0.6) is 0 Å². The van der Waals surface area contributed by atoms with E-state index in [4.69, 9.17) is 11.6 Å². The largest absolute Gasteiger partial charge is 0.325 e. The normalized spacial score (nSPS) is 11.4. The van der Waals surface area contributed by atoms with E-state index < -0.39 is 0 Å². The zero-order valence-electron chi connectivity index (χ0n) is 12.2. The van der Waals surface area contributed by atoms with Crippen LogP contribution < -0.4 is 10.6 Å². The van der Waals surface area contributed by atoms with Gasteiger partial charge in [-0.25, -0.2) is 0 Å². The van der Waals surface area contributed by atoms with E-state index in [1.54, 1.807) is 23.5 Å². The molecule has 2 N–H and O–H groups in total. The predicted octanol–water partition coefficient (Wildman–Crippen LogP) is 3.91. The lowest BCUT2D eigenvalue weighted by Gasteiger charge is -2.23. The van der Waals surface area contributed by atoms with Gasteiger partial charge in [0.25, 0.3) is 0 Å². The lowest BCUT2D eigenvalue weighted by atomic mass is 9.91. The molecule has 0 aliphatic heterocycles. The minimum absolute atomic E-state index is 0.0184. The van der Waals surface area contributed by atoms with E-state index >= 15 is 0 Å². The van der Waals surface area contributed by atoms with Gasteiger partial charge in [0.2, 0.25) is 5.91 Å². The Kier molecular flexibility index (Phi) is 5.39. The van der Waals surface area contributed by atoms with E-state index in [1.807, 2.05) is 18.2 Å². The van der Waals surface area contributed by atoms with Crippen molar-refractivity contribution in [3.8, 4) is 0 Å². The van der Waals surface area contributed by atoms with E-state index in [0.29, 0.717) is 10.7 Å². The molecule has 0 spiro atoms. The number of carbonyl (C=O) groups excluding carboxylic acids is 1. The van der Waals surface area contributed by atoms with Crippen LogP contribution in [0.4, 0.5) is 5.69 Å². The fraction of sp³-hybridized carbons (Fsp3) is 0.312. The van der Waals surface area contributed by atoms with Crippen LogP contribution in [0.15, 0.2) is 41.8 Å². The monoisotopic (exact) mass is 322 g/mol. The smallest absolute Gasteiger partial charge is 0.238 e. The highest BCUT2D eigenvalue weighted by Gasteiger charge is 2.21. The van der Waals surface area contributed by atoms with Crippen LogP contribution in [-0.4, -0.2) is 19.0 Å². The molecule has 0 aliphatic carbocycles. The lowest BCUT2D eigenvalue weighted by Crippen LogP contribution is -2.37. The molecule has 21 heavy (non-hydrogen) atoms. The third kappa shape index (κ3) is 4.84. The molecule has 0 fully saturated rings. The summed E-state index contributed by atoms with van der Waals surface area (Å²) in [6.07, 6.45) is 0. The van der Waals surface area contributed by atoms with Gasteiger partial charge in [-0.2, -0.15) is 0 Å². The first-order valence-corrected chi connectivity index (χ1v) is 8.03. The Morgan fingerprint density at radius 3 is 2.76 bits per heavy atom. The molecule has 0 atom stereocenters. The van der Waals surface area contributed by atoms with Gasteiger partial charge in [-0.15, -0.1) is 11.3 Å². The Hall–Kier alpha value is -1.36. The summed E-state index contributed by atoms with van der Waals surface area (Å²) in [6.45, 7) is 5.36. The number of nitrogens with one attached hydrogen (secondary N) is 2. The molecule has 2 aromatic rings. The highest BCUT2D eigenvalue weighted by atomic mass is 35.5. The third-order valence-corrected chi connectivity index (χ3v) is 4.62. The van der Waals surface area contributed by atoms with E-state index in [9.17, 15) is 4.79 Å². The molecule has 2 rings (SSSR count). The fourth-order valence-corrected chi connectivity index (χ4v) is 3.05. The SMILES string of the molecule is CC(C)(CNCC(=O)Nc1cccc(Cl)c1)c1cccs1. The fourth-order valence-electron chi connectivity index (χ4n) is 2.01. The van der Waals surface area contributed by atoms with E-state index in [2.05, 4.69) is 35.9 Å². The van der Waals surface area contributed by atoms with Gasteiger partial charge in [-0.1, -0.05) is 37.6 Å². The number of benzene rings is 1. The molecule has 1 amide bonds. The molecule has 5 heteroatoms. The summed E-state index contributed by atoms with van der Waals surface area (Å²) < 4.78 is 0. The molecule has 0 saturated heterocycles. The van der Waals surface area contributed by atoms with Crippen LogP contribution in [0.2, 0.25) is 5.02 Å². The standard InChI is InChI=1S/C16H19ClN2OS/c1-16(2,14-7-4-8-21-14)11-18-10-15(20)19-13-6-3-5-12(17)9-13/h3-9,18H,10-11H2,1-2H3,(H,19,20). The Morgan fingerprint density at radius 1 is 1.29 bits per heavy atom. The molecule has 0 aliphatic rings. The Morgan fingerprint density at radius 2 is 2.10 bits per heavy atom. The van der Waals surface area contributed by atoms with Gasteiger partial charge in [0, 0.05) is 27.5 Å². The number of rotatable bonds is 6. The number of thiophene rings is 1. The summed E-state index contributed by atoms with van der Waals surface area (Å²) in [4.78, 5) is 13.2. The highest BCUT2D eigenvalue weighted by Crippen LogP contribution is 2.26. The molecule has 1 aromatic carbocycles.